The Morgan fingerprint density at radius 3 is 2.68 bits per heavy atom. The number of carbonyl (C=O) groups excluding carboxylic acids is 1. The fourth-order valence-electron chi connectivity index (χ4n) is 3.89. The summed E-state index contributed by atoms with van der Waals surface area (Å²) in [4.78, 5) is 21.2. The molecule has 4 rings (SSSR count). The number of hydrogen-bond donors (Lipinski definition) is 0. The van der Waals surface area contributed by atoms with E-state index in [2.05, 4.69) is 28.9 Å². The Kier molecular flexibility index (Phi) is 4.28. The van der Waals surface area contributed by atoms with Gasteiger partial charge < -0.3 is 9.64 Å². The molecule has 1 aliphatic heterocycles. The quantitative estimate of drug-likeness (QED) is 0.834. The van der Waals surface area contributed by atoms with Crippen molar-refractivity contribution in [2.45, 2.75) is 43.9 Å². The van der Waals surface area contributed by atoms with E-state index in [9.17, 15) is 4.79 Å². The minimum Gasteiger partial charge on any atom is -0.497 e. The second-order valence-electron chi connectivity index (χ2n) is 7.21. The topological polar surface area (TPSA) is 42.4 Å². The van der Waals surface area contributed by atoms with Crippen LogP contribution in [0.5, 0.6) is 5.75 Å². The second-order valence-corrected chi connectivity index (χ2v) is 8.48. The molecule has 2 aromatic rings. The van der Waals surface area contributed by atoms with Crippen LogP contribution in [0, 0.1) is 6.92 Å². The van der Waals surface area contributed by atoms with E-state index in [0.29, 0.717) is 11.8 Å². The average Bonchev–Trinajstić information content (AvgIpc) is 3.36. The smallest absolute Gasteiger partial charge is 0.233 e. The normalized spacial score (nSPS) is 21.8. The standard InChI is InChI=1S/C20H24N2O2S/c1-14-12-21-18(25-14)15-4-3-11-22(13-15)19(23)20(9-10-20)16-5-7-17(24-2)8-6-16/h5-8,12,15H,3-4,9-11,13H2,1-2H3/t15-/m1/s1. The molecule has 0 spiro atoms. The Morgan fingerprint density at radius 2 is 2.08 bits per heavy atom. The van der Waals surface area contributed by atoms with Crippen molar-refractivity contribution < 1.29 is 9.53 Å². The Labute approximate surface area is 152 Å². The van der Waals surface area contributed by atoms with E-state index in [1.54, 1.807) is 18.4 Å². The molecule has 25 heavy (non-hydrogen) atoms. The van der Waals surface area contributed by atoms with Crippen molar-refractivity contribution in [1.29, 1.82) is 0 Å². The number of rotatable bonds is 4. The number of likely N-dealkylation sites (tertiary alicyclic amines) is 1. The van der Waals surface area contributed by atoms with Crippen LogP contribution in [0.2, 0.25) is 0 Å². The molecule has 5 heteroatoms. The van der Waals surface area contributed by atoms with Crippen LogP contribution in [0.15, 0.2) is 30.5 Å². The lowest BCUT2D eigenvalue weighted by atomic mass is 9.91. The Balaban J connectivity index is 1.51. The van der Waals surface area contributed by atoms with Crippen molar-refractivity contribution in [3.8, 4) is 5.75 Å². The molecule has 1 amide bonds. The predicted molar refractivity (Wildman–Crippen MR) is 99.3 cm³/mol. The predicted octanol–water partition coefficient (Wildman–Crippen LogP) is 3.90. The van der Waals surface area contributed by atoms with Crippen LogP contribution in [-0.4, -0.2) is 36.0 Å². The molecule has 2 fully saturated rings. The van der Waals surface area contributed by atoms with E-state index in [-0.39, 0.29) is 5.41 Å². The van der Waals surface area contributed by atoms with E-state index in [1.807, 2.05) is 18.3 Å². The summed E-state index contributed by atoms with van der Waals surface area (Å²) in [6, 6.07) is 8.02. The van der Waals surface area contributed by atoms with Gasteiger partial charge in [0.05, 0.1) is 17.5 Å². The maximum absolute atomic E-state index is 13.3. The molecule has 1 aliphatic carbocycles. The number of carbonyl (C=O) groups is 1. The van der Waals surface area contributed by atoms with E-state index >= 15 is 0 Å². The molecule has 1 atom stereocenters. The van der Waals surface area contributed by atoms with Crippen LogP contribution in [0.1, 0.15) is 47.0 Å². The van der Waals surface area contributed by atoms with Crippen LogP contribution in [0.4, 0.5) is 0 Å². The zero-order valence-corrected chi connectivity index (χ0v) is 15.6. The van der Waals surface area contributed by atoms with E-state index < -0.39 is 0 Å². The van der Waals surface area contributed by atoms with Gasteiger partial charge in [0.1, 0.15) is 5.75 Å². The maximum atomic E-state index is 13.3. The highest BCUT2D eigenvalue weighted by molar-refractivity contribution is 7.11. The summed E-state index contributed by atoms with van der Waals surface area (Å²) in [5.74, 6) is 1.53. The van der Waals surface area contributed by atoms with Gasteiger partial charge in [-0.05, 0) is 50.3 Å². The number of amides is 1. The molecule has 1 saturated carbocycles. The fourth-order valence-corrected chi connectivity index (χ4v) is 4.79. The van der Waals surface area contributed by atoms with Gasteiger partial charge in [0.2, 0.25) is 5.91 Å². The van der Waals surface area contributed by atoms with E-state index in [0.717, 1.165) is 50.1 Å². The first kappa shape index (κ1) is 16.6. The molecule has 0 bridgehead atoms. The first-order valence-electron chi connectivity index (χ1n) is 8.98. The zero-order valence-electron chi connectivity index (χ0n) is 14.8. The number of aryl methyl sites for hydroxylation is 1. The number of ether oxygens (including phenoxy) is 1. The van der Waals surface area contributed by atoms with Crippen molar-refractivity contribution in [3.63, 3.8) is 0 Å². The highest BCUT2D eigenvalue weighted by atomic mass is 32.1. The lowest BCUT2D eigenvalue weighted by Crippen LogP contribution is -2.44. The first-order chi connectivity index (χ1) is 12.1. The molecule has 2 aliphatic rings. The van der Waals surface area contributed by atoms with Gasteiger partial charge in [-0.25, -0.2) is 4.98 Å². The highest BCUT2D eigenvalue weighted by Gasteiger charge is 2.53. The number of aromatic nitrogens is 1. The number of hydrogen-bond acceptors (Lipinski definition) is 4. The zero-order chi connectivity index (χ0) is 17.4. The molecule has 132 valence electrons. The van der Waals surface area contributed by atoms with Crippen LogP contribution >= 0.6 is 11.3 Å². The van der Waals surface area contributed by atoms with E-state index in [4.69, 9.17) is 4.74 Å². The largest absolute Gasteiger partial charge is 0.497 e. The molecule has 0 radical (unpaired) electrons. The van der Waals surface area contributed by atoms with Crippen LogP contribution in [0.25, 0.3) is 0 Å². The molecule has 2 heterocycles. The Morgan fingerprint density at radius 1 is 1.32 bits per heavy atom. The molecule has 0 unspecified atom stereocenters. The van der Waals surface area contributed by atoms with Crippen molar-refractivity contribution in [3.05, 3.63) is 45.9 Å². The van der Waals surface area contributed by atoms with Crippen molar-refractivity contribution in [1.82, 2.24) is 9.88 Å². The summed E-state index contributed by atoms with van der Waals surface area (Å²) in [7, 11) is 1.67. The van der Waals surface area contributed by atoms with Gasteiger partial charge >= 0.3 is 0 Å². The molecular weight excluding hydrogens is 332 g/mol. The molecule has 1 aromatic carbocycles. The molecule has 4 nitrogen and oxygen atoms in total. The van der Waals surface area contributed by atoms with Gasteiger partial charge in [-0.1, -0.05) is 12.1 Å². The van der Waals surface area contributed by atoms with Gasteiger partial charge in [-0.2, -0.15) is 0 Å². The summed E-state index contributed by atoms with van der Waals surface area (Å²) in [5, 5.41) is 1.18. The highest BCUT2D eigenvalue weighted by Crippen LogP contribution is 2.50. The lowest BCUT2D eigenvalue weighted by molar-refractivity contribution is -0.135. The monoisotopic (exact) mass is 356 g/mol. The molecular formula is C20H24N2O2S. The van der Waals surface area contributed by atoms with Crippen molar-refractivity contribution in [2.75, 3.05) is 20.2 Å². The number of piperidine rings is 1. The van der Waals surface area contributed by atoms with Crippen molar-refractivity contribution in [2.24, 2.45) is 0 Å². The number of benzene rings is 1. The van der Waals surface area contributed by atoms with Gasteiger partial charge in [0.25, 0.3) is 0 Å². The SMILES string of the molecule is COc1ccc(C2(C(=O)N3CCC[C@@H](c4ncc(C)s4)C3)CC2)cc1. The van der Waals surface area contributed by atoms with Crippen LogP contribution in [-0.2, 0) is 10.2 Å². The summed E-state index contributed by atoms with van der Waals surface area (Å²) in [5.41, 5.74) is 0.831. The Hall–Kier alpha value is -1.88. The molecule has 1 saturated heterocycles. The summed E-state index contributed by atoms with van der Waals surface area (Å²) >= 11 is 1.77. The van der Waals surface area contributed by atoms with Gasteiger partial charge in [0.15, 0.2) is 0 Å². The number of thiazole rings is 1. The maximum Gasteiger partial charge on any atom is 0.233 e. The first-order valence-corrected chi connectivity index (χ1v) is 9.80. The third-order valence-corrected chi connectivity index (χ3v) is 6.57. The second kappa shape index (κ2) is 6.45. The minimum absolute atomic E-state index is 0.299. The summed E-state index contributed by atoms with van der Waals surface area (Å²) in [6.45, 7) is 3.77. The summed E-state index contributed by atoms with van der Waals surface area (Å²) < 4.78 is 5.24. The number of methoxy groups -OCH3 is 1. The fraction of sp³-hybridized carbons (Fsp3) is 0.500. The average molecular weight is 356 g/mol. The van der Waals surface area contributed by atoms with Gasteiger partial charge in [-0.3, -0.25) is 4.79 Å². The van der Waals surface area contributed by atoms with Crippen LogP contribution in [0.3, 0.4) is 0 Å². The van der Waals surface area contributed by atoms with Crippen LogP contribution < -0.4 is 4.74 Å². The number of nitrogens with zero attached hydrogens (tertiary/aromatic N) is 2. The van der Waals surface area contributed by atoms with Gasteiger partial charge in [0, 0.05) is 30.1 Å². The minimum atomic E-state index is -0.299. The summed E-state index contributed by atoms with van der Waals surface area (Å²) in [6.07, 6.45) is 6.05. The third-order valence-electron chi connectivity index (χ3n) is 5.50. The Bertz CT molecular complexity index is 764. The van der Waals surface area contributed by atoms with Gasteiger partial charge in [-0.15, -0.1) is 11.3 Å². The lowest BCUT2D eigenvalue weighted by Gasteiger charge is -2.34. The van der Waals surface area contributed by atoms with E-state index in [1.165, 1.54) is 9.88 Å². The molecule has 1 aromatic heterocycles. The van der Waals surface area contributed by atoms with Crippen molar-refractivity contribution >= 4 is 17.2 Å². The third kappa shape index (κ3) is 3.06. The molecule has 0 N–H and O–H groups in total.